The third-order valence-electron chi connectivity index (χ3n) is 3.68. The van der Waals surface area contributed by atoms with Gasteiger partial charge in [-0.05, 0) is 24.3 Å². The van der Waals surface area contributed by atoms with Gasteiger partial charge in [0.2, 0.25) is 5.16 Å². The van der Waals surface area contributed by atoms with Gasteiger partial charge in [0.15, 0.2) is 23.1 Å². The summed E-state index contributed by atoms with van der Waals surface area (Å²) in [5.74, 6) is -2.38. The first-order valence-electron chi connectivity index (χ1n) is 7.34. The number of para-hydroxylation sites is 1. The second kappa shape index (κ2) is 6.21. The number of aromatic amines is 1. The summed E-state index contributed by atoms with van der Waals surface area (Å²) >= 11 is 1.09. The highest BCUT2D eigenvalue weighted by atomic mass is 32.2. The topological polar surface area (TPSA) is 71.5 Å². The van der Waals surface area contributed by atoms with Crippen molar-refractivity contribution in [1.82, 2.24) is 20.2 Å². The lowest BCUT2D eigenvalue weighted by molar-refractivity contribution is 0.102. The van der Waals surface area contributed by atoms with Crippen molar-refractivity contribution >= 4 is 39.6 Å². The zero-order valence-corrected chi connectivity index (χ0v) is 13.5. The van der Waals surface area contributed by atoms with Gasteiger partial charge in [-0.15, -0.1) is 10.2 Å². The van der Waals surface area contributed by atoms with E-state index >= 15 is 0 Å². The molecule has 5 nitrogen and oxygen atoms in total. The molecule has 0 aliphatic carbocycles. The molecule has 4 aromatic rings. The summed E-state index contributed by atoms with van der Waals surface area (Å²) in [5.41, 5.74) is 2.25. The van der Waals surface area contributed by atoms with Crippen LogP contribution in [0.25, 0.3) is 22.1 Å². The van der Waals surface area contributed by atoms with Crippen LogP contribution in [0.4, 0.5) is 8.78 Å². The molecule has 0 unspecified atom stereocenters. The van der Waals surface area contributed by atoms with Crippen LogP contribution in [0.2, 0.25) is 0 Å². The van der Waals surface area contributed by atoms with Crippen LogP contribution in [-0.2, 0) is 0 Å². The zero-order chi connectivity index (χ0) is 17.4. The number of ketones is 1. The van der Waals surface area contributed by atoms with Gasteiger partial charge in [0.05, 0.1) is 5.75 Å². The minimum Gasteiger partial charge on any atom is -0.338 e. The zero-order valence-electron chi connectivity index (χ0n) is 12.7. The molecule has 8 heteroatoms. The van der Waals surface area contributed by atoms with E-state index in [0.29, 0.717) is 16.3 Å². The van der Waals surface area contributed by atoms with Gasteiger partial charge in [-0.2, -0.15) is 0 Å². The van der Waals surface area contributed by atoms with E-state index in [1.54, 1.807) is 0 Å². The third-order valence-corrected chi connectivity index (χ3v) is 4.51. The molecule has 2 aromatic heterocycles. The fourth-order valence-corrected chi connectivity index (χ4v) is 3.13. The maximum absolute atomic E-state index is 13.2. The van der Waals surface area contributed by atoms with Crippen LogP contribution in [0.1, 0.15) is 10.4 Å². The van der Waals surface area contributed by atoms with Crippen LogP contribution in [0.15, 0.2) is 47.6 Å². The number of rotatable bonds is 4. The minimum atomic E-state index is -1.05. The number of nitrogens with one attached hydrogen (secondary N) is 1. The van der Waals surface area contributed by atoms with Crippen LogP contribution < -0.4 is 0 Å². The molecular weight excluding hydrogens is 346 g/mol. The Morgan fingerprint density at radius 1 is 1.08 bits per heavy atom. The lowest BCUT2D eigenvalue weighted by Gasteiger charge is -2.01. The number of thioether (sulfide) groups is 1. The Balaban J connectivity index is 1.55. The van der Waals surface area contributed by atoms with Gasteiger partial charge in [-0.3, -0.25) is 4.79 Å². The summed E-state index contributed by atoms with van der Waals surface area (Å²) < 4.78 is 26.1. The maximum Gasteiger partial charge on any atom is 0.211 e. The molecule has 1 N–H and O–H groups in total. The molecule has 0 aliphatic heterocycles. The van der Waals surface area contributed by atoms with Crippen LogP contribution >= 0.6 is 11.8 Å². The summed E-state index contributed by atoms with van der Waals surface area (Å²) in [6.45, 7) is 0. The molecule has 0 radical (unpaired) electrons. The highest BCUT2D eigenvalue weighted by Crippen LogP contribution is 2.23. The van der Waals surface area contributed by atoms with Crippen LogP contribution in [0.5, 0.6) is 0 Å². The van der Waals surface area contributed by atoms with Gasteiger partial charge in [0.25, 0.3) is 0 Å². The fraction of sp³-hybridized carbons (Fsp3) is 0.0588. The molecule has 0 saturated heterocycles. The number of benzene rings is 2. The number of carbonyl (C=O) groups excluding carboxylic acids is 1. The second-order valence-corrected chi connectivity index (χ2v) is 6.25. The lowest BCUT2D eigenvalue weighted by Crippen LogP contribution is -2.04. The van der Waals surface area contributed by atoms with Crippen molar-refractivity contribution in [3.63, 3.8) is 0 Å². The van der Waals surface area contributed by atoms with E-state index in [1.165, 1.54) is 6.07 Å². The van der Waals surface area contributed by atoms with Crippen molar-refractivity contribution < 1.29 is 13.6 Å². The van der Waals surface area contributed by atoms with Gasteiger partial charge in [0.1, 0.15) is 5.52 Å². The molecule has 25 heavy (non-hydrogen) atoms. The van der Waals surface area contributed by atoms with Crippen molar-refractivity contribution in [3.05, 3.63) is 59.7 Å². The Kier molecular flexibility index (Phi) is 3.89. The smallest absolute Gasteiger partial charge is 0.211 e. The molecule has 0 fully saturated rings. The lowest BCUT2D eigenvalue weighted by atomic mass is 10.1. The van der Waals surface area contributed by atoms with Crippen molar-refractivity contribution in [3.8, 4) is 0 Å². The number of hydrogen-bond acceptors (Lipinski definition) is 5. The first kappa shape index (κ1) is 15.6. The van der Waals surface area contributed by atoms with Crippen molar-refractivity contribution in [2.75, 3.05) is 5.75 Å². The molecule has 0 amide bonds. The molecule has 0 spiro atoms. The third kappa shape index (κ3) is 2.96. The number of halogens is 2. The molecule has 2 heterocycles. The highest BCUT2D eigenvalue weighted by Gasteiger charge is 2.13. The van der Waals surface area contributed by atoms with E-state index in [0.717, 1.165) is 34.8 Å². The minimum absolute atomic E-state index is 0.00150. The van der Waals surface area contributed by atoms with E-state index in [2.05, 4.69) is 20.2 Å². The first-order chi connectivity index (χ1) is 12.1. The number of carbonyl (C=O) groups is 1. The number of nitrogens with zero attached hydrogens (tertiary/aromatic N) is 3. The Hall–Kier alpha value is -2.87. The largest absolute Gasteiger partial charge is 0.338 e. The van der Waals surface area contributed by atoms with Crippen LogP contribution in [0.3, 0.4) is 0 Å². The number of hydrogen-bond donors (Lipinski definition) is 1. The summed E-state index contributed by atoms with van der Waals surface area (Å²) in [6.07, 6.45) is 0. The summed E-state index contributed by atoms with van der Waals surface area (Å²) in [4.78, 5) is 19.6. The van der Waals surface area contributed by atoms with E-state index in [1.807, 2.05) is 24.3 Å². The number of Topliss-reactive ketones (excluding diaryl/α,β-unsaturated/α-hetero) is 1. The molecule has 4 rings (SSSR count). The van der Waals surface area contributed by atoms with Gasteiger partial charge >= 0.3 is 0 Å². The Morgan fingerprint density at radius 2 is 1.92 bits per heavy atom. The summed E-state index contributed by atoms with van der Waals surface area (Å²) in [5, 5.41) is 9.43. The van der Waals surface area contributed by atoms with Crippen molar-refractivity contribution in [2.45, 2.75) is 5.16 Å². The molecule has 124 valence electrons. The summed E-state index contributed by atoms with van der Waals surface area (Å²) in [6, 6.07) is 10.7. The van der Waals surface area contributed by atoms with E-state index in [9.17, 15) is 13.6 Å². The van der Waals surface area contributed by atoms with Crippen LogP contribution in [0, 0.1) is 11.6 Å². The van der Waals surface area contributed by atoms with E-state index in [-0.39, 0.29) is 17.1 Å². The van der Waals surface area contributed by atoms with Gasteiger partial charge < -0.3 is 4.98 Å². The number of H-pyrrole nitrogens is 1. The van der Waals surface area contributed by atoms with E-state index in [4.69, 9.17) is 0 Å². The van der Waals surface area contributed by atoms with Gasteiger partial charge in [0, 0.05) is 16.5 Å². The van der Waals surface area contributed by atoms with Crippen molar-refractivity contribution in [2.24, 2.45) is 0 Å². The van der Waals surface area contributed by atoms with Crippen molar-refractivity contribution in [1.29, 1.82) is 0 Å². The monoisotopic (exact) mass is 356 g/mol. The normalized spacial score (nSPS) is 11.3. The first-order valence-corrected chi connectivity index (χ1v) is 8.32. The molecule has 0 aliphatic rings. The van der Waals surface area contributed by atoms with E-state index < -0.39 is 11.6 Å². The Bertz CT molecular complexity index is 1110. The SMILES string of the molecule is O=C(CSc1nnc2c(n1)[nH]c1ccccc12)c1ccc(F)c(F)c1. The standard InChI is InChI=1S/C17H10F2N4OS/c18-11-6-5-9(7-12(11)19)14(24)8-25-17-21-16-15(22-23-17)10-3-1-2-4-13(10)20-16/h1-7H,8H2,(H,20,21,23). The van der Waals surface area contributed by atoms with Gasteiger partial charge in [-0.1, -0.05) is 30.0 Å². The van der Waals surface area contributed by atoms with Gasteiger partial charge in [-0.25, -0.2) is 13.8 Å². The summed E-state index contributed by atoms with van der Waals surface area (Å²) in [7, 11) is 0. The quantitative estimate of drug-likeness (QED) is 0.445. The average Bonchev–Trinajstić information content (AvgIpc) is 2.99. The Morgan fingerprint density at radius 3 is 2.76 bits per heavy atom. The molecule has 2 aromatic carbocycles. The van der Waals surface area contributed by atoms with Crippen LogP contribution in [-0.4, -0.2) is 31.7 Å². The maximum atomic E-state index is 13.2. The number of aromatic nitrogens is 4. The molecule has 0 saturated carbocycles. The fourth-order valence-electron chi connectivity index (χ4n) is 2.45. The predicted octanol–water partition coefficient (Wildman–Crippen LogP) is 3.76. The molecule has 0 atom stereocenters. The highest BCUT2D eigenvalue weighted by molar-refractivity contribution is 7.99. The molecular formula is C17H10F2N4OS. The predicted molar refractivity (Wildman–Crippen MR) is 90.6 cm³/mol. The average molecular weight is 356 g/mol. The Labute approximate surface area is 144 Å². The second-order valence-electron chi connectivity index (χ2n) is 5.30. The molecule has 0 bridgehead atoms. The number of fused-ring (bicyclic) bond motifs is 3.